The number of nitrogens with one attached hydrogen (secondary N) is 1. The molecule has 4 nitrogen and oxygen atoms in total. The van der Waals surface area contributed by atoms with E-state index in [0.717, 1.165) is 5.56 Å². The third kappa shape index (κ3) is 2.22. The van der Waals surface area contributed by atoms with Gasteiger partial charge >= 0.3 is 0 Å². The smallest absolute Gasteiger partial charge is 0.130 e. The summed E-state index contributed by atoms with van der Waals surface area (Å²) in [5.41, 5.74) is 1.05. The first-order valence-corrected chi connectivity index (χ1v) is 4.68. The average molecular weight is 201 g/mol. The second kappa shape index (κ2) is 4.41. The molecule has 1 aromatic carbocycles. The quantitative estimate of drug-likeness (QED) is 0.610. The summed E-state index contributed by atoms with van der Waals surface area (Å²) in [5.74, 6) is 0.703. The van der Waals surface area contributed by atoms with E-state index in [1.54, 1.807) is 6.20 Å². The van der Waals surface area contributed by atoms with Gasteiger partial charge in [-0.2, -0.15) is 0 Å². The van der Waals surface area contributed by atoms with Gasteiger partial charge in [0.15, 0.2) is 0 Å². The summed E-state index contributed by atoms with van der Waals surface area (Å²) in [7, 11) is 0. The molecule has 0 atom stereocenters. The molecule has 0 unspecified atom stereocenters. The van der Waals surface area contributed by atoms with Crippen LogP contribution in [0.4, 0.5) is 5.82 Å². The van der Waals surface area contributed by atoms with E-state index in [9.17, 15) is 4.91 Å². The second-order valence-electron chi connectivity index (χ2n) is 3.18. The first kappa shape index (κ1) is 9.45. The number of anilines is 1. The zero-order valence-electron chi connectivity index (χ0n) is 8.13. The molecule has 4 heteroatoms. The van der Waals surface area contributed by atoms with E-state index in [-0.39, 0.29) is 0 Å². The Hall–Kier alpha value is -2.10. The molecule has 0 saturated heterocycles. The van der Waals surface area contributed by atoms with Crippen molar-refractivity contribution >= 4 is 5.82 Å². The molecular weight excluding hydrogens is 190 g/mol. The lowest BCUT2D eigenvalue weighted by Crippen LogP contribution is -2.14. The number of rotatable bonds is 4. The van der Waals surface area contributed by atoms with Crippen molar-refractivity contribution in [1.29, 1.82) is 0 Å². The Balaban J connectivity index is 2.13. The van der Waals surface area contributed by atoms with Crippen LogP contribution >= 0.6 is 0 Å². The van der Waals surface area contributed by atoms with E-state index in [0.29, 0.717) is 12.4 Å². The summed E-state index contributed by atoms with van der Waals surface area (Å²) < 4.78 is 0. The third-order valence-electron chi connectivity index (χ3n) is 2.13. The van der Waals surface area contributed by atoms with Crippen molar-refractivity contribution in [3.05, 3.63) is 59.1 Å². The van der Waals surface area contributed by atoms with Crippen molar-refractivity contribution in [3.8, 4) is 0 Å². The Morgan fingerprint density at radius 1 is 1.13 bits per heavy atom. The summed E-state index contributed by atoms with van der Waals surface area (Å²) in [6.07, 6.45) is 1.76. The average Bonchev–Trinajstić information content (AvgIpc) is 2.81. The van der Waals surface area contributed by atoms with E-state index in [1.807, 2.05) is 42.5 Å². The molecule has 76 valence electrons. The predicted molar refractivity (Wildman–Crippen MR) is 59.2 cm³/mol. The maximum Gasteiger partial charge on any atom is 0.130 e. The Morgan fingerprint density at radius 3 is 2.53 bits per heavy atom. The van der Waals surface area contributed by atoms with Crippen molar-refractivity contribution in [3.63, 3.8) is 0 Å². The van der Waals surface area contributed by atoms with Gasteiger partial charge in [0.1, 0.15) is 5.82 Å². The fraction of sp³-hybridized carbons (Fsp3) is 0.0909. The van der Waals surface area contributed by atoms with Crippen LogP contribution in [-0.2, 0) is 6.54 Å². The highest BCUT2D eigenvalue weighted by Crippen LogP contribution is 2.14. The van der Waals surface area contributed by atoms with Crippen LogP contribution in [0.1, 0.15) is 5.56 Å². The van der Waals surface area contributed by atoms with Gasteiger partial charge in [-0.25, -0.2) is 5.01 Å². The number of nitrogens with zero attached hydrogens (tertiary/aromatic N) is 2. The Morgan fingerprint density at radius 2 is 1.93 bits per heavy atom. The number of aromatic nitrogens is 1. The molecule has 15 heavy (non-hydrogen) atoms. The lowest BCUT2D eigenvalue weighted by Gasteiger charge is -2.12. The number of benzene rings is 1. The highest BCUT2D eigenvalue weighted by atomic mass is 16.3. The highest BCUT2D eigenvalue weighted by molar-refractivity contribution is 5.38. The van der Waals surface area contributed by atoms with Crippen molar-refractivity contribution in [1.82, 2.24) is 4.98 Å². The van der Waals surface area contributed by atoms with Crippen LogP contribution in [0.15, 0.2) is 53.9 Å². The molecule has 0 amide bonds. The van der Waals surface area contributed by atoms with Gasteiger partial charge in [0.05, 0.1) is 11.8 Å². The molecule has 2 rings (SSSR count). The molecule has 0 aliphatic rings. The number of hydrogen-bond acceptors (Lipinski definition) is 2. The standard InChI is InChI=1S/C11H11N3O/c15-13-14(11-7-4-8-12-11)9-10-5-2-1-3-6-10/h1-8,12H,9H2. The van der Waals surface area contributed by atoms with Crippen LogP contribution in [0.5, 0.6) is 0 Å². The number of nitroso groups, excluding NO2 is 1. The first-order valence-electron chi connectivity index (χ1n) is 4.68. The van der Waals surface area contributed by atoms with E-state index >= 15 is 0 Å². The zero-order valence-corrected chi connectivity index (χ0v) is 8.13. The normalized spacial score (nSPS) is 9.87. The van der Waals surface area contributed by atoms with Crippen LogP contribution in [-0.4, -0.2) is 4.98 Å². The van der Waals surface area contributed by atoms with Crippen molar-refractivity contribution in [2.75, 3.05) is 5.01 Å². The minimum absolute atomic E-state index is 0.477. The molecule has 0 aliphatic carbocycles. The van der Waals surface area contributed by atoms with E-state index in [4.69, 9.17) is 0 Å². The maximum absolute atomic E-state index is 10.7. The minimum atomic E-state index is 0.477. The molecule has 0 aliphatic heterocycles. The lowest BCUT2D eigenvalue weighted by molar-refractivity contribution is 0.832. The third-order valence-corrected chi connectivity index (χ3v) is 2.13. The van der Waals surface area contributed by atoms with Crippen LogP contribution in [0.2, 0.25) is 0 Å². The second-order valence-corrected chi connectivity index (χ2v) is 3.18. The monoisotopic (exact) mass is 201 g/mol. The van der Waals surface area contributed by atoms with Crippen LogP contribution in [0.25, 0.3) is 0 Å². The molecule has 1 N–H and O–H groups in total. The molecule has 1 heterocycles. The summed E-state index contributed by atoms with van der Waals surface area (Å²) in [4.78, 5) is 13.6. The molecule has 0 spiro atoms. The molecule has 1 aromatic heterocycles. The Kier molecular flexibility index (Phi) is 2.78. The van der Waals surface area contributed by atoms with Crippen molar-refractivity contribution in [2.24, 2.45) is 5.29 Å². The van der Waals surface area contributed by atoms with Gasteiger partial charge < -0.3 is 4.98 Å². The van der Waals surface area contributed by atoms with Gasteiger partial charge in [0.2, 0.25) is 0 Å². The van der Waals surface area contributed by atoms with Gasteiger partial charge in [-0.15, -0.1) is 4.91 Å². The molecule has 0 saturated carbocycles. The van der Waals surface area contributed by atoms with Crippen LogP contribution in [0, 0.1) is 4.91 Å². The van der Waals surface area contributed by atoms with Gasteiger partial charge in [-0.1, -0.05) is 30.3 Å². The number of hydrogen-bond donors (Lipinski definition) is 1. The van der Waals surface area contributed by atoms with E-state index < -0.39 is 0 Å². The fourth-order valence-electron chi connectivity index (χ4n) is 1.40. The molecule has 0 fully saturated rings. The topological polar surface area (TPSA) is 48.5 Å². The van der Waals surface area contributed by atoms with Crippen LogP contribution in [0.3, 0.4) is 0 Å². The summed E-state index contributed by atoms with van der Waals surface area (Å²) in [5, 5.41) is 4.36. The minimum Gasteiger partial charge on any atom is -0.347 e. The summed E-state index contributed by atoms with van der Waals surface area (Å²) in [6, 6.07) is 13.4. The van der Waals surface area contributed by atoms with Gasteiger partial charge in [-0.05, 0) is 17.7 Å². The maximum atomic E-state index is 10.7. The first-order chi connectivity index (χ1) is 7.40. The van der Waals surface area contributed by atoms with Gasteiger partial charge in [-0.3, -0.25) is 0 Å². The van der Waals surface area contributed by atoms with E-state index in [2.05, 4.69) is 10.3 Å². The lowest BCUT2D eigenvalue weighted by atomic mass is 10.2. The van der Waals surface area contributed by atoms with Gasteiger partial charge in [0, 0.05) is 6.20 Å². The Labute approximate surface area is 87.5 Å². The fourth-order valence-corrected chi connectivity index (χ4v) is 1.40. The molecule has 2 aromatic rings. The Bertz CT molecular complexity index is 411. The predicted octanol–water partition coefficient (Wildman–Crippen LogP) is 2.70. The summed E-state index contributed by atoms with van der Waals surface area (Å²) in [6.45, 7) is 0.477. The number of aromatic amines is 1. The van der Waals surface area contributed by atoms with Crippen LogP contribution < -0.4 is 5.01 Å². The molecule has 0 radical (unpaired) electrons. The zero-order chi connectivity index (χ0) is 10.5. The summed E-state index contributed by atoms with van der Waals surface area (Å²) >= 11 is 0. The SMILES string of the molecule is O=NN(Cc1ccccc1)c1ccc[nH]1. The van der Waals surface area contributed by atoms with Crippen molar-refractivity contribution < 1.29 is 0 Å². The van der Waals surface area contributed by atoms with Crippen molar-refractivity contribution in [2.45, 2.75) is 6.54 Å². The largest absolute Gasteiger partial charge is 0.347 e. The highest BCUT2D eigenvalue weighted by Gasteiger charge is 2.07. The molecular formula is C11H11N3O. The van der Waals surface area contributed by atoms with E-state index in [1.165, 1.54) is 5.01 Å². The molecule has 0 bridgehead atoms. The van der Waals surface area contributed by atoms with Gasteiger partial charge in [0.25, 0.3) is 0 Å². The number of H-pyrrole nitrogens is 1.